The fourth-order valence-electron chi connectivity index (χ4n) is 2.54. The van der Waals surface area contributed by atoms with Gasteiger partial charge in [-0.15, -0.1) is 0 Å². The molecule has 3 heterocycles. The first-order chi connectivity index (χ1) is 10.7. The van der Waals surface area contributed by atoms with Crippen LogP contribution >= 0.6 is 11.6 Å². The van der Waals surface area contributed by atoms with Crippen molar-refractivity contribution in [2.24, 2.45) is 0 Å². The van der Waals surface area contributed by atoms with E-state index in [0.717, 1.165) is 38.6 Å². The molecule has 0 amide bonds. The summed E-state index contributed by atoms with van der Waals surface area (Å²) in [7, 11) is 0. The van der Waals surface area contributed by atoms with E-state index in [1.807, 2.05) is 41.2 Å². The molecule has 4 aromatic rings. The number of halogens is 1. The van der Waals surface area contributed by atoms with E-state index >= 15 is 0 Å². The smallest absolute Gasteiger partial charge is 0.159 e. The molecule has 1 N–H and O–H groups in total. The van der Waals surface area contributed by atoms with Gasteiger partial charge < -0.3 is 4.57 Å². The predicted molar refractivity (Wildman–Crippen MR) is 86.2 cm³/mol. The summed E-state index contributed by atoms with van der Waals surface area (Å²) in [5, 5.41) is 8.51. The van der Waals surface area contributed by atoms with Crippen LogP contribution in [-0.2, 0) is 0 Å². The average Bonchev–Trinajstić information content (AvgIpc) is 3.17. The maximum atomic E-state index is 6.11. The van der Waals surface area contributed by atoms with E-state index in [-0.39, 0.29) is 0 Å². The molecule has 0 aliphatic carbocycles. The standard InChI is InChI=1S/C16H12ClN5/c1-10-2-3-12(17)6-14(10)22-5-4-11(8-22)15-13-7-20-21-16(13)19-9-18-15/h2-9H,1H3,(H,18,19,20,21). The van der Waals surface area contributed by atoms with Crippen molar-refractivity contribution < 1.29 is 0 Å². The third-order valence-corrected chi connectivity index (χ3v) is 3.90. The highest BCUT2D eigenvalue weighted by Gasteiger charge is 2.10. The van der Waals surface area contributed by atoms with Gasteiger partial charge in [-0.1, -0.05) is 17.7 Å². The van der Waals surface area contributed by atoms with Crippen LogP contribution in [0.5, 0.6) is 0 Å². The van der Waals surface area contributed by atoms with E-state index in [0.29, 0.717) is 0 Å². The minimum absolute atomic E-state index is 0.718. The van der Waals surface area contributed by atoms with Crippen molar-refractivity contribution in [1.29, 1.82) is 0 Å². The third kappa shape index (κ3) is 2.07. The van der Waals surface area contributed by atoms with Gasteiger partial charge in [-0.05, 0) is 30.7 Å². The summed E-state index contributed by atoms with van der Waals surface area (Å²) in [4.78, 5) is 8.55. The molecule has 6 heteroatoms. The van der Waals surface area contributed by atoms with Gasteiger partial charge in [-0.25, -0.2) is 9.97 Å². The van der Waals surface area contributed by atoms with Crippen LogP contribution in [0.4, 0.5) is 0 Å². The van der Waals surface area contributed by atoms with Gasteiger partial charge in [0, 0.05) is 28.7 Å². The van der Waals surface area contributed by atoms with E-state index < -0.39 is 0 Å². The molecule has 0 spiro atoms. The zero-order valence-electron chi connectivity index (χ0n) is 11.8. The van der Waals surface area contributed by atoms with Crippen LogP contribution in [0.15, 0.2) is 49.2 Å². The second-order valence-corrected chi connectivity index (χ2v) is 5.53. The maximum Gasteiger partial charge on any atom is 0.159 e. The molecule has 0 bridgehead atoms. The minimum Gasteiger partial charge on any atom is -0.323 e. The SMILES string of the molecule is Cc1ccc(Cl)cc1-n1ccc(-c2ncnc3[nH]ncc23)c1. The predicted octanol–water partition coefficient (Wildman–Crippen LogP) is 3.77. The number of rotatable bonds is 2. The zero-order chi connectivity index (χ0) is 15.1. The van der Waals surface area contributed by atoms with Gasteiger partial charge in [0.1, 0.15) is 6.33 Å². The molecule has 0 radical (unpaired) electrons. The first-order valence-electron chi connectivity index (χ1n) is 6.81. The number of H-pyrrole nitrogens is 1. The number of fused-ring (bicyclic) bond motifs is 1. The Morgan fingerprint density at radius 3 is 3.00 bits per heavy atom. The Hall–Kier alpha value is -2.66. The molecule has 4 rings (SSSR count). The molecule has 0 unspecified atom stereocenters. The van der Waals surface area contributed by atoms with E-state index in [2.05, 4.69) is 27.1 Å². The first kappa shape index (κ1) is 13.0. The third-order valence-electron chi connectivity index (χ3n) is 3.66. The lowest BCUT2D eigenvalue weighted by Crippen LogP contribution is -1.93. The average molecular weight is 310 g/mol. The maximum absolute atomic E-state index is 6.11. The van der Waals surface area contributed by atoms with Crippen molar-refractivity contribution in [1.82, 2.24) is 24.7 Å². The molecule has 0 saturated carbocycles. The normalized spacial score (nSPS) is 11.2. The van der Waals surface area contributed by atoms with Crippen LogP contribution in [0.2, 0.25) is 5.02 Å². The minimum atomic E-state index is 0.718. The number of nitrogens with one attached hydrogen (secondary N) is 1. The number of aromatic nitrogens is 5. The molecule has 0 fully saturated rings. The fraction of sp³-hybridized carbons (Fsp3) is 0.0625. The second kappa shape index (κ2) is 4.96. The van der Waals surface area contributed by atoms with Crippen molar-refractivity contribution in [2.45, 2.75) is 6.92 Å². The highest BCUT2D eigenvalue weighted by molar-refractivity contribution is 6.30. The molecular weight excluding hydrogens is 298 g/mol. The van der Waals surface area contributed by atoms with Gasteiger partial charge in [0.25, 0.3) is 0 Å². The fourth-order valence-corrected chi connectivity index (χ4v) is 2.71. The summed E-state index contributed by atoms with van der Waals surface area (Å²) in [6, 6.07) is 7.88. The Morgan fingerprint density at radius 1 is 1.18 bits per heavy atom. The molecule has 1 aromatic carbocycles. The number of hydrogen-bond acceptors (Lipinski definition) is 3. The topological polar surface area (TPSA) is 59.4 Å². The molecule has 108 valence electrons. The molecule has 3 aromatic heterocycles. The highest BCUT2D eigenvalue weighted by Crippen LogP contribution is 2.27. The quantitative estimate of drug-likeness (QED) is 0.613. The lowest BCUT2D eigenvalue weighted by molar-refractivity contribution is 1.06. The van der Waals surface area contributed by atoms with E-state index in [1.165, 1.54) is 6.33 Å². The van der Waals surface area contributed by atoms with Gasteiger partial charge in [0.15, 0.2) is 5.65 Å². The number of aromatic amines is 1. The van der Waals surface area contributed by atoms with Crippen LogP contribution in [0.1, 0.15) is 5.56 Å². The van der Waals surface area contributed by atoms with Gasteiger partial charge in [0.05, 0.1) is 17.3 Å². The molecule has 0 saturated heterocycles. The molecule has 0 aliphatic heterocycles. The summed E-state index contributed by atoms with van der Waals surface area (Å²) in [6.45, 7) is 2.06. The van der Waals surface area contributed by atoms with Gasteiger partial charge in [0.2, 0.25) is 0 Å². The summed E-state index contributed by atoms with van der Waals surface area (Å²) in [5.74, 6) is 0. The van der Waals surface area contributed by atoms with Crippen molar-refractivity contribution in [3.05, 3.63) is 59.8 Å². The largest absolute Gasteiger partial charge is 0.323 e. The number of aryl methyl sites for hydroxylation is 1. The van der Waals surface area contributed by atoms with Gasteiger partial charge in [-0.2, -0.15) is 5.10 Å². The molecule has 0 atom stereocenters. The Bertz CT molecular complexity index is 970. The van der Waals surface area contributed by atoms with Crippen molar-refractivity contribution in [3.63, 3.8) is 0 Å². The summed E-state index contributed by atoms with van der Waals surface area (Å²) in [6.07, 6.45) is 7.32. The summed E-state index contributed by atoms with van der Waals surface area (Å²) in [5.41, 5.74) is 4.81. The lowest BCUT2D eigenvalue weighted by atomic mass is 10.2. The lowest BCUT2D eigenvalue weighted by Gasteiger charge is -2.07. The van der Waals surface area contributed by atoms with Crippen LogP contribution in [0, 0.1) is 6.92 Å². The van der Waals surface area contributed by atoms with Crippen LogP contribution < -0.4 is 0 Å². The molecule has 0 aliphatic rings. The number of hydrogen-bond donors (Lipinski definition) is 1. The monoisotopic (exact) mass is 309 g/mol. The molecule has 22 heavy (non-hydrogen) atoms. The van der Waals surface area contributed by atoms with Crippen molar-refractivity contribution in [2.75, 3.05) is 0 Å². The Kier molecular flexibility index (Phi) is 2.94. The van der Waals surface area contributed by atoms with E-state index in [1.54, 1.807) is 6.20 Å². The molecular formula is C16H12ClN5. The zero-order valence-corrected chi connectivity index (χ0v) is 12.5. The Labute approximate surface area is 131 Å². The van der Waals surface area contributed by atoms with E-state index in [4.69, 9.17) is 11.6 Å². The second-order valence-electron chi connectivity index (χ2n) is 5.09. The highest BCUT2D eigenvalue weighted by atomic mass is 35.5. The van der Waals surface area contributed by atoms with Gasteiger partial charge >= 0.3 is 0 Å². The first-order valence-corrected chi connectivity index (χ1v) is 7.19. The van der Waals surface area contributed by atoms with Crippen LogP contribution in [0.25, 0.3) is 28.0 Å². The summed E-state index contributed by atoms with van der Waals surface area (Å²) < 4.78 is 2.05. The van der Waals surface area contributed by atoms with E-state index in [9.17, 15) is 0 Å². The van der Waals surface area contributed by atoms with Gasteiger partial charge in [-0.3, -0.25) is 5.10 Å². The van der Waals surface area contributed by atoms with Crippen molar-refractivity contribution >= 4 is 22.6 Å². The Morgan fingerprint density at radius 2 is 2.09 bits per heavy atom. The Balaban J connectivity index is 1.85. The number of benzene rings is 1. The van der Waals surface area contributed by atoms with Crippen LogP contribution in [-0.4, -0.2) is 24.7 Å². The molecule has 5 nitrogen and oxygen atoms in total. The summed E-state index contributed by atoms with van der Waals surface area (Å²) >= 11 is 6.11. The number of nitrogens with zero attached hydrogens (tertiary/aromatic N) is 4. The van der Waals surface area contributed by atoms with Crippen LogP contribution in [0.3, 0.4) is 0 Å². The van der Waals surface area contributed by atoms with Crippen molar-refractivity contribution in [3.8, 4) is 16.9 Å².